The number of rotatable bonds is 2. The molecule has 0 saturated carbocycles. The van der Waals surface area contributed by atoms with Gasteiger partial charge in [0.15, 0.2) is 0 Å². The normalized spacial score (nSPS) is 10.0. The van der Waals surface area contributed by atoms with Crippen molar-refractivity contribution < 1.29 is 9.90 Å². The lowest BCUT2D eigenvalue weighted by molar-refractivity contribution is 0.262. The molecule has 2 rings (SSSR count). The number of para-hydroxylation sites is 1. The number of anilines is 2. The minimum Gasteiger partial charge on any atom is -0.508 e. The Morgan fingerprint density at radius 2 is 1.58 bits per heavy atom. The van der Waals surface area contributed by atoms with Crippen molar-refractivity contribution in [3.63, 3.8) is 0 Å². The Kier molecular flexibility index (Phi) is 3.71. The third-order valence-corrected chi connectivity index (χ3v) is 2.79. The molecular weight excluding hydrogens is 240 g/mol. The van der Waals surface area contributed by atoms with Crippen LogP contribution in [0, 0.1) is 13.8 Å². The zero-order valence-electron chi connectivity index (χ0n) is 10.9. The summed E-state index contributed by atoms with van der Waals surface area (Å²) < 4.78 is 0. The zero-order chi connectivity index (χ0) is 13.8. The monoisotopic (exact) mass is 256 g/mol. The number of carbonyl (C=O) groups excluding carboxylic acids is 1. The van der Waals surface area contributed by atoms with E-state index in [0.717, 1.165) is 16.8 Å². The lowest BCUT2D eigenvalue weighted by Crippen LogP contribution is -2.20. The largest absolute Gasteiger partial charge is 0.508 e. The van der Waals surface area contributed by atoms with Crippen LogP contribution < -0.4 is 10.6 Å². The second-order valence-corrected chi connectivity index (χ2v) is 4.40. The Morgan fingerprint density at radius 3 is 2.16 bits per heavy atom. The summed E-state index contributed by atoms with van der Waals surface area (Å²) in [5.41, 5.74) is 3.08. The van der Waals surface area contributed by atoms with E-state index in [1.54, 1.807) is 12.1 Å². The average Bonchev–Trinajstić information content (AvgIpc) is 2.35. The highest BCUT2D eigenvalue weighted by Gasteiger charge is 2.08. The maximum atomic E-state index is 11.9. The predicted molar refractivity (Wildman–Crippen MR) is 76.7 cm³/mol. The number of benzene rings is 2. The number of hydrogen-bond acceptors (Lipinski definition) is 2. The molecule has 98 valence electrons. The van der Waals surface area contributed by atoms with Crippen LogP contribution in [0.1, 0.15) is 11.1 Å². The van der Waals surface area contributed by atoms with Crippen molar-refractivity contribution in [1.82, 2.24) is 0 Å². The molecule has 0 saturated heterocycles. The number of phenols is 1. The Labute approximate surface area is 112 Å². The molecule has 0 aliphatic heterocycles. The third kappa shape index (κ3) is 3.25. The lowest BCUT2D eigenvalue weighted by atomic mass is 10.1. The minimum atomic E-state index is -0.303. The van der Waals surface area contributed by atoms with Crippen molar-refractivity contribution in [1.29, 1.82) is 0 Å². The van der Waals surface area contributed by atoms with Gasteiger partial charge in [0.1, 0.15) is 5.75 Å². The second kappa shape index (κ2) is 5.44. The smallest absolute Gasteiger partial charge is 0.323 e. The molecule has 0 fully saturated rings. The molecule has 19 heavy (non-hydrogen) atoms. The van der Waals surface area contributed by atoms with Crippen LogP contribution in [0.25, 0.3) is 0 Å². The number of aromatic hydroxyl groups is 1. The number of aryl methyl sites for hydroxylation is 2. The van der Waals surface area contributed by atoms with Crippen molar-refractivity contribution in [3.8, 4) is 5.75 Å². The molecule has 2 amide bonds. The Balaban J connectivity index is 2.12. The number of phenolic OH excluding ortho intramolecular Hbond substituents is 1. The molecule has 3 N–H and O–H groups in total. The summed E-state index contributed by atoms with van der Waals surface area (Å²) in [4.78, 5) is 11.9. The highest BCUT2D eigenvalue weighted by molar-refractivity contribution is 6.00. The predicted octanol–water partition coefficient (Wildman–Crippen LogP) is 3.65. The highest BCUT2D eigenvalue weighted by Crippen LogP contribution is 2.25. The first-order valence-corrected chi connectivity index (χ1v) is 5.99. The van der Waals surface area contributed by atoms with Gasteiger partial charge in [-0.25, -0.2) is 4.79 Å². The van der Waals surface area contributed by atoms with Crippen LogP contribution in [0.15, 0.2) is 42.5 Å². The lowest BCUT2D eigenvalue weighted by Gasteiger charge is -2.13. The van der Waals surface area contributed by atoms with Crippen LogP contribution >= 0.6 is 0 Å². The van der Waals surface area contributed by atoms with Gasteiger partial charge in [0.05, 0.1) is 0 Å². The number of amides is 2. The minimum absolute atomic E-state index is 0.198. The third-order valence-electron chi connectivity index (χ3n) is 2.79. The summed E-state index contributed by atoms with van der Waals surface area (Å²) in [6, 6.07) is 12.2. The van der Waals surface area contributed by atoms with Crippen molar-refractivity contribution >= 4 is 17.4 Å². The first-order chi connectivity index (χ1) is 9.06. The van der Waals surface area contributed by atoms with Crippen LogP contribution in [0.4, 0.5) is 16.2 Å². The van der Waals surface area contributed by atoms with E-state index in [-0.39, 0.29) is 11.8 Å². The number of urea groups is 1. The van der Waals surface area contributed by atoms with E-state index < -0.39 is 0 Å². The molecule has 4 heteroatoms. The summed E-state index contributed by atoms with van der Waals surface area (Å²) in [5, 5.41) is 15.0. The van der Waals surface area contributed by atoms with Gasteiger partial charge in [0, 0.05) is 11.4 Å². The van der Waals surface area contributed by atoms with Crippen LogP contribution in [-0.4, -0.2) is 11.1 Å². The van der Waals surface area contributed by atoms with Gasteiger partial charge in [0.2, 0.25) is 0 Å². The molecule has 0 radical (unpaired) electrons. The van der Waals surface area contributed by atoms with E-state index in [1.165, 1.54) is 0 Å². The molecule has 2 aromatic carbocycles. The standard InChI is InChI=1S/C15H16N2O2/c1-10-8-13(18)9-11(2)14(10)17-15(19)16-12-6-4-3-5-7-12/h3-9,18H,1-2H3,(H2,16,17,19). The average molecular weight is 256 g/mol. The van der Waals surface area contributed by atoms with Crippen LogP contribution in [0.3, 0.4) is 0 Å². The molecule has 0 aliphatic carbocycles. The quantitative estimate of drug-likeness (QED) is 0.718. The number of nitrogens with one attached hydrogen (secondary N) is 2. The summed E-state index contributed by atoms with van der Waals surface area (Å²) >= 11 is 0. The number of carbonyl (C=O) groups is 1. The van der Waals surface area contributed by atoms with Crippen molar-refractivity contribution in [3.05, 3.63) is 53.6 Å². The fourth-order valence-electron chi connectivity index (χ4n) is 1.94. The van der Waals surface area contributed by atoms with Gasteiger partial charge in [-0.1, -0.05) is 18.2 Å². The Morgan fingerprint density at radius 1 is 1.00 bits per heavy atom. The van der Waals surface area contributed by atoms with Gasteiger partial charge in [-0.15, -0.1) is 0 Å². The van der Waals surface area contributed by atoms with Crippen molar-refractivity contribution in [2.24, 2.45) is 0 Å². The summed E-state index contributed by atoms with van der Waals surface area (Å²) in [5.74, 6) is 0.198. The van der Waals surface area contributed by atoms with Gasteiger partial charge in [0.25, 0.3) is 0 Å². The SMILES string of the molecule is Cc1cc(O)cc(C)c1NC(=O)Nc1ccccc1. The Hall–Kier alpha value is -2.49. The molecule has 0 aliphatic rings. The molecule has 0 spiro atoms. The van der Waals surface area contributed by atoms with Crippen LogP contribution in [-0.2, 0) is 0 Å². The van der Waals surface area contributed by atoms with Crippen LogP contribution in [0.2, 0.25) is 0 Å². The van der Waals surface area contributed by atoms with E-state index in [0.29, 0.717) is 5.69 Å². The Bertz CT molecular complexity index is 571. The highest BCUT2D eigenvalue weighted by atomic mass is 16.3. The maximum Gasteiger partial charge on any atom is 0.323 e. The molecule has 0 unspecified atom stereocenters. The first kappa shape index (κ1) is 13.0. The summed E-state index contributed by atoms with van der Waals surface area (Å²) in [6.45, 7) is 3.68. The molecule has 0 bridgehead atoms. The molecule has 0 aromatic heterocycles. The molecule has 4 nitrogen and oxygen atoms in total. The van der Waals surface area contributed by atoms with E-state index in [2.05, 4.69) is 10.6 Å². The maximum absolute atomic E-state index is 11.9. The topological polar surface area (TPSA) is 61.4 Å². The fourth-order valence-corrected chi connectivity index (χ4v) is 1.94. The van der Waals surface area contributed by atoms with E-state index in [4.69, 9.17) is 0 Å². The second-order valence-electron chi connectivity index (χ2n) is 4.40. The fraction of sp³-hybridized carbons (Fsp3) is 0.133. The van der Waals surface area contributed by atoms with Crippen LogP contribution in [0.5, 0.6) is 5.75 Å². The molecular formula is C15H16N2O2. The van der Waals surface area contributed by atoms with E-state index in [9.17, 15) is 9.90 Å². The summed E-state index contributed by atoms with van der Waals surface area (Å²) in [6.07, 6.45) is 0. The van der Waals surface area contributed by atoms with Crippen molar-refractivity contribution in [2.45, 2.75) is 13.8 Å². The van der Waals surface area contributed by atoms with Gasteiger partial charge in [-0.3, -0.25) is 0 Å². The van der Waals surface area contributed by atoms with Crippen molar-refractivity contribution in [2.75, 3.05) is 10.6 Å². The van der Waals surface area contributed by atoms with Gasteiger partial charge >= 0.3 is 6.03 Å². The number of hydrogen-bond donors (Lipinski definition) is 3. The van der Waals surface area contributed by atoms with Gasteiger partial charge in [-0.2, -0.15) is 0 Å². The molecule has 2 aromatic rings. The zero-order valence-corrected chi connectivity index (χ0v) is 10.9. The molecule has 0 heterocycles. The van der Waals surface area contributed by atoms with E-state index in [1.807, 2.05) is 44.2 Å². The van der Waals surface area contributed by atoms with E-state index >= 15 is 0 Å². The van der Waals surface area contributed by atoms with Gasteiger partial charge in [-0.05, 0) is 49.2 Å². The summed E-state index contributed by atoms with van der Waals surface area (Å²) in [7, 11) is 0. The first-order valence-electron chi connectivity index (χ1n) is 5.99. The van der Waals surface area contributed by atoms with Gasteiger partial charge < -0.3 is 15.7 Å². The molecule has 0 atom stereocenters.